The molecule has 0 aliphatic rings. The zero-order chi connectivity index (χ0) is 11.4. The molecule has 84 valence electrons. The van der Waals surface area contributed by atoms with E-state index in [1.54, 1.807) is 0 Å². The van der Waals surface area contributed by atoms with Crippen LogP contribution in [0.15, 0.2) is 0 Å². The standard InChI is InChI=1S/C11H18N2OS/c1-5-6-7(2)10(14)13-11-12-8(3)9(4)15-11/h7H,5-6H2,1-4H3,(H,12,13,14). The van der Waals surface area contributed by atoms with E-state index in [1.807, 2.05) is 20.8 Å². The summed E-state index contributed by atoms with van der Waals surface area (Å²) in [4.78, 5) is 17.1. The van der Waals surface area contributed by atoms with Crippen LogP contribution < -0.4 is 5.32 Å². The summed E-state index contributed by atoms with van der Waals surface area (Å²) in [5, 5.41) is 3.58. The van der Waals surface area contributed by atoms with Crippen molar-refractivity contribution in [3.05, 3.63) is 10.6 Å². The summed E-state index contributed by atoms with van der Waals surface area (Å²) in [5.74, 6) is 0.144. The number of carbonyl (C=O) groups is 1. The molecule has 1 amide bonds. The SMILES string of the molecule is CCCC(C)C(=O)Nc1nc(C)c(C)s1. The third-order valence-corrected chi connectivity index (χ3v) is 3.42. The van der Waals surface area contributed by atoms with Crippen LogP contribution in [0.3, 0.4) is 0 Å². The summed E-state index contributed by atoms with van der Waals surface area (Å²) in [5.41, 5.74) is 0.999. The minimum atomic E-state index is 0.0690. The maximum Gasteiger partial charge on any atom is 0.228 e. The highest BCUT2D eigenvalue weighted by molar-refractivity contribution is 7.15. The molecule has 0 fully saturated rings. The van der Waals surface area contributed by atoms with Crippen LogP contribution in [0.2, 0.25) is 0 Å². The van der Waals surface area contributed by atoms with E-state index in [1.165, 1.54) is 11.3 Å². The Hall–Kier alpha value is -0.900. The van der Waals surface area contributed by atoms with Crippen molar-refractivity contribution in [2.24, 2.45) is 5.92 Å². The average molecular weight is 226 g/mol. The number of nitrogens with zero attached hydrogens (tertiary/aromatic N) is 1. The van der Waals surface area contributed by atoms with Crippen molar-refractivity contribution in [2.75, 3.05) is 5.32 Å². The smallest absolute Gasteiger partial charge is 0.228 e. The summed E-state index contributed by atoms with van der Waals surface area (Å²) in [6, 6.07) is 0. The molecule has 3 nitrogen and oxygen atoms in total. The number of aryl methyl sites for hydroxylation is 2. The van der Waals surface area contributed by atoms with Crippen LogP contribution >= 0.6 is 11.3 Å². The van der Waals surface area contributed by atoms with E-state index in [-0.39, 0.29) is 11.8 Å². The van der Waals surface area contributed by atoms with Crippen LogP contribution in [-0.4, -0.2) is 10.9 Å². The zero-order valence-corrected chi connectivity index (χ0v) is 10.6. The van der Waals surface area contributed by atoms with Crippen molar-refractivity contribution >= 4 is 22.4 Å². The van der Waals surface area contributed by atoms with Crippen LogP contribution in [0.1, 0.15) is 37.3 Å². The average Bonchev–Trinajstić information content (AvgIpc) is 2.46. The van der Waals surface area contributed by atoms with E-state index in [4.69, 9.17) is 0 Å². The second-order valence-electron chi connectivity index (χ2n) is 3.84. The normalized spacial score (nSPS) is 12.5. The van der Waals surface area contributed by atoms with E-state index < -0.39 is 0 Å². The highest BCUT2D eigenvalue weighted by Gasteiger charge is 2.13. The Kier molecular flexibility index (Phi) is 4.27. The van der Waals surface area contributed by atoms with Crippen LogP contribution in [0, 0.1) is 19.8 Å². The lowest BCUT2D eigenvalue weighted by Gasteiger charge is -2.08. The first-order chi connectivity index (χ1) is 7.04. The van der Waals surface area contributed by atoms with E-state index in [9.17, 15) is 4.79 Å². The number of aromatic nitrogens is 1. The van der Waals surface area contributed by atoms with Gasteiger partial charge in [0.25, 0.3) is 0 Å². The number of rotatable bonds is 4. The van der Waals surface area contributed by atoms with Gasteiger partial charge in [0.1, 0.15) is 0 Å². The van der Waals surface area contributed by atoms with Crippen molar-refractivity contribution in [1.29, 1.82) is 0 Å². The molecule has 0 aliphatic carbocycles. The fourth-order valence-corrected chi connectivity index (χ4v) is 2.14. The number of carbonyl (C=O) groups excluding carboxylic acids is 1. The van der Waals surface area contributed by atoms with Crippen LogP contribution in [0.25, 0.3) is 0 Å². The molecule has 0 bridgehead atoms. The Bertz CT molecular complexity index is 327. The molecule has 1 rings (SSSR count). The lowest BCUT2D eigenvalue weighted by Crippen LogP contribution is -2.20. The molecule has 1 atom stereocenters. The van der Waals surface area contributed by atoms with Crippen LogP contribution in [0.4, 0.5) is 5.13 Å². The molecule has 1 aromatic heterocycles. The maximum absolute atomic E-state index is 11.7. The van der Waals surface area contributed by atoms with Gasteiger partial charge in [-0.2, -0.15) is 0 Å². The van der Waals surface area contributed by atoms with Gasteiger partial charge in [0.15, 0.2) is 5.13 Å². The van der Waals surface area contributed by atoms with E-state index >= 15 is 0 Å². The fraction of sp³-hybridized carbons (Fsp3) is 0.636. The van der Waals surface area contributed by atoms with Gasteiger partial charge in [0.05, 0.1) is 5.69 Å². The first-order valence-corrected chi connectivity index (χ1v) is 6.11. The van der Waals surface area contributed by atoms with Crippen molar-refractivity contribution < 1.29 is 4.79 Å². The molecule has 0 saturated heterocycles. The Morgan fingerprint density at radius 1 is 1.53 bits per heavy atom. The Morgan fingerprint density at radius 2 is 2.20 bits per heavy atom. The van der Waals surface area contributed by atoms with Gasteiger partial charge in [-0.05, 0) is 20.3 Å². The minimum absolute atomic E-state index is 0.0690. The van der Waals surface area contributed by atoms with Crippen LogP contribution in [-0.2, 0) is 4.79 Å². The summed E-state index contributed by atoms with van der Waals surface area (Å²) in [6.45, 7) is 8.00. The van der Waals surface area contributed by atoms with Crippen molar-refractivity contribution in [3.63, 3.8) is 0 Å². The van der Waals surface area contributed by atoms with Crippen molar-refractivity contribution in [2.45, 2.75) is 40.5 Å². The largest absolute Gasteiger partial charge is 0.302 e. The molecule has 0 radical (unpaired) electrons. The Morgan fingerprint density at radius 3 is 2.67 bits per heavy atom. The zero-order valence-electron chi connectivity index (χ0n) is 9.76. The predicted octanol–water partition coefficient (Wildman–Crippen LogP) is 3.13. The van der Waals surface area contributed by atoms with E-state index in [0.29, 0.717) is 0 Å². The van der Waals surface area contributed by atoms with Crippen molar-refractivity contribution in [3.8, 4) is 0 Å². The topological polar surface area (TPSA) is 42.0 Å². The molecule has 0 aliphatic heterocycles. The molecular formula is C11H18N2OS. The summed E-state index contributed by atoms with van der Waals surface area (Å²) >= 11 is 1.54. The van der Waals surface area contributed by atoms with Gasteiger partial charge < -0.3 is 5.32 Å². The van der Waals surface area contributed by atoms with Gasteiger partial charge in [-0.15, -0.1) is 11.3 Å². The summed E-state index contributed by atoms with van der Waals surface area (Å²) in [6.07, 6.45) is 1.96. The lowest BCUT2D eigenvalue weighted by molar-refractivity contribution is -0.119. The molecule has 1 heterocycles. The van der Waals surface area contributed by atoms with Crippen molar-refractivity contribution in [1.82, 2.24) is 4.98 Å². The minimum Gasteiger partial charge on any atom is -0.302 e. The second-order valence-corrected chi connectivity index (χ2v) is 5.04. The van der Waals surface area contributed by atoms with Gasteiger partial charge in [-0.25, -0.2) is 4.98 Å². The van der Waals surface area contributed by atoms with Crippen LogP contribution in [0.5, 0.6) is 0 Å². The second kappa shape index (κ2) is 5.26. The summed E-state index contributed by atoms with van der Waals surface area (Å²) < 4.78 is 0. The van der Waals surface area contributed by atoms with Gasteiger partial charge in [0.2, 0.25) is 5.91 Å². The number of thiazole rings is 1. The highest BCUT2D eigenvalue weighted by atomic mass is 32.1. The third kappa shape index (κ3) is 3.30. The fourth-order valence-electron chi connectivity index (χ4n) is 1.32. The highest BCUT2D eigenvalue weighted by Crippen LogP contribution is 2.21. The number of hydrogen-bond acceptors (Lipinski definition) is 3. The van der Waals surface area contributed by atoms with E-state index in [2.05, 4.69) is 17.2 Å². The number of amides is 1. The molecule has 1 aromatic rings. The molecule has 0 aromatic carbocycles. The molecule has 0 saturated carbocycles. The quantitative estimate of drug-likeness (QED) is 0.857. The molecule has 0 spiro atoms. The lowest BCUT2D eigenvalue weighted by atomic mass is 10.1. The Labute approximate surface area is 94.9 Å². The van der Waals surface area contributed by atoms with E-state index in [0.717, 1.165) is 28.5 Å². The molecule has 4 heteroatoms. The molecule has 1 N–H and O–H groups in total. The summed E-state index contributed by atoms with van der Waals surface area (Å²) in [7, 11) is 0. The van der Waals surface area contributed by atoms with Gasteiger partial charge in [0, 0.05) is 10.8 Å². The van der Waals surface area contributed by atoms with Gasteiger partial charge in [-0.3, -0.25) is 4.79 Å². The first kappa shape index (κ1) is 12.2. The third-order valence-electron chi connectivity index (χ3n) is 2.43. The molecule has 1 unspecified atom stereocenters. The number of anilines is 1. The number of nitrogens with one attached hydrogen (secondary N) is 1. The monoisotopic (exact) mass is 226 g/mol. The van der Waals surface area contributed by atoms with Gasteiger partial charge in [-0.1, -0.05) is 20.3 Å². The predicted molar refractivity (Wildman–Crippen MR) is 64.3 cm³/mol. The Balaban J connectivity index is 2.58. The molecular weight excluding hydrogens is 208 g/mol. The maximum atomic E-state index is 11.7. The first-order valence-electron chi connectivity index (χ1n) is 5.29. The molecule has 15 heavy (non-hydrogen) atoms. The number of hydrogen-bond donors (Lipinski definition) is 1. The van der Waals surface area contributed by atoms with Gasteiger partial charge >= 0.3 is 0 Å².